The normalized spacial score (nSPS) is 11.3. The summed E-state index contributed by atoms with van der Waals surface area (Å²) in [5.74, 6) is -0.721. The molecule has 144 valence electrons. The number of amidine groups is 1. The Balaban J connectivity index is 1.65. The number of nitrogen functional groups attached to an aromatic ring is 1. The summed E-state index contributed by atoms with van der Waals surface area (Å²) in [7, 11) is 0. The van der Waals surface area contributed by atoms with Gasteiger partial charge in [-0.25, -0.2) is 19.5 Å². The average molecular weight is 384 g/mol. The predicted octanol–water partition coefficient (Wildman–Crippen LogP) is 2.34. The van der Waals surface area contributed by atoms with Crippen molar-refractivity contribution in [2.24, 2.45) is 4.99 Å². The van der Waals surface area contributed by atoms with E-state index in [2.05, 4.69) is 30.7 Å². The van der Waals surface area contributed by atoms with Gasteiger partial charge in [0.25, 0.3) is 5.91 Å². The van der Waals surface area contributed by atoms with Crippen LogP contribution in [0.2, 0.25) is 0 Å². The summed E-state index contributed by atoms with van der Waals surface area (Å²) in [6.07, 6.45) is 0. The number of aliphatic imine (C=N–C) groups is 1. The standard InChI is InChI=1S/C18H17FN6O3/c1-11-2-6-14(7-3-11)22-18(16-17(20)24-28-23-16)25-27-10-15(26)21-13-8-4-12(19)5-9-13/h2-9H,10H2,1H3,(H2,20,24)(H,21,26)(H,22,25). The molecule has 9 nitrogen and oxygen atoms in total. The van der Waals surface area contributed by atoms with E-state index in [4.69, 9.17) is 10.6 Å². The van der Waals surface area contributed by atoms with Crippen LogP contribution in [0.4, 0.5) is 21.6 Å². The summed E-state index contributed by atoms with van der Waals surface area (Å²) < 4.78 is 17.5. The number of hydrogen-bond acceptors (Lipinski definition) is 7. The monoisotopic (exact) mass is 384 g/mol. The topological polar surface area (TPSA) is 128 Å². The van der Waals surface area contributed by atoms with E-state index < -0.39 is 11.7 Å². The van der Waals surface area contributed by atoms with Crippen molar-refractivity contribution in [3.8, 4) is 0 Å². The van der Waals surface area contributed by atoms with Gasteiger partial charge in [0.15, 0.2) is 24.0 Å². The van der Waals surface area contributed by atoms with Gasteiger partial charge in [-0.2, -0.15) is 0 Å². The van der Waals surface area contributed by atoms with Crippen LogP contribution in [0.25, 0.3) is 0 Å². The Kier molecular flexibility index (Phi) is 5.92. The first kappa shape index (κ1) is 19.0. The van der Waals surface area contributed by atoms with Crippen molar-refractivity contribution in [2.75, 3.05) is 17.7 Å². The lowest BCUT2D eigenvalue weighted by atomic mass is 10.2. The number of hydrogen-bond donors (Lipinski definition) is 3. The Labute approximate surface area is 159 Å². The highest BCUT2D eigenvalue weighted by Crippen LogP contribution is 2.15. The van der Waals surface area contributed by atoms with Crippen molar-refractivity contribution in [1.29, 1.82) is 0 Å². The molecule has 0 fully saturated rings. The zero-order valence-electron chi connectivity index (χ0n) is 14.8. The molecule has 28 heavy (non-hydrogen) atoms. The van der Waals surface area contributed by atoms with E-state index in [1.54, 1.807) is 12.1 Å². The molecule has 1 aromatic heterocycles. The summed E-state index contributed by atoms with van der Waals surface area (Å²) >= 11 is 0. The number of anilines is 2. The summed E-state index contributed by atoms with van der Waals surface area (Å²) in [6.45, 7) is 1.60. The molecule has 1 heterocycles. The Morgan fingerprint density at radius 3 is 2.54 bits per heavy atom. The van der Waals surface area contributed by atoms with Crippen LogP contribution in [0.15, 0.2) is 58.2 Å². The fourth-order valence-electron chi connectivity index (χ4n) is 2.13. The highest BCUT2D eigenvalue weighted by molar-refractivity contribution is 6.01. The number of nitrogens with zero attached hydrogens (tertiary/aromatic N) is 3. The fraction of sp³-hybridized carbons (Fsp3) is 0.111. The van der Waals surface area contributed by atoms with Crippen LogP contribution in [0.1, 0.15) is 11.3 Å². The first-order chi connectivity index (χ1) is 13.5. The van der Waals surface area contributed by atoms with Gasteiger partial charge in [-0.3, -0.25) is 9.63 Å². The largest absolute Gasteiger partial charge is 0.379 e. The van der Waals surface area contributed by atoms with Gasteiger partial charge in [-0.15, -0.1) is 0 Å². The lowest BCUT2D eigenvalue weighted by Crippen LogP contribution is -2.30. The number of carbonyl (C=O) groups is 1. The molecule has 0 atom stereocenters. The van der Waals surface area contributed by atoms with Crippen LogP contribution < -0.4 is 16.5 Å². The highest BCUT2D eigenvalue weighted by atomic mass is 19.1. The third-order valence-electron chi connectivity index (χ3n) is 3.51. The average Bonchev–Trinajstić information content (AvgIpc) is 3.10. The van der Waals surface area contributed by atoms with Gasteiger partial charge in [0.05, 0.1) is 5.69 Å². The molecule has 3 rings (SSSR count). The minimum atomic E-state index is -0.458. The second-order valence-electron chi connectivity index (χ2n) is 5.74. The van der Waals surface area contributed by atoms with Gasteiger partial charge in [-0.05, 0) is 53.6 Å². The van der Waals surface area contributed by atoms with E-state index in [0.717, 1.165) is 5.56 Å². The van der Waals surface area contributed by atoms with E-state index in [0.29, 0.717) is 11.4 Å². The third-order valence-corrected chi connectivity index (χ3v) is 3.51. The molecule has 0 saturated carbocycles. The maximum absolute atomic E-state index is 12.9. The zero-order chi connectivity index (χ0) is 19.9. The second-order valence-corrected chi connectivity index (χ2v) is 5.74. The van der Waals surface area contributed by atoms with Gasteiger partial charge in [0.1, 0.15) is 5.82 Å². The number of aryl methyl sites for hydroxylation is 1. The molecule has 0 unspecified atom stereocenters. The first-order valence-corrected chi connectivity index (χ1v) is 8.18. The predicted molar refractivity (Wildman–Crippen MR) is 100 cm³/mol. The molecule has 0 aliphatic rings. The first-order valence-electron chi connectivity index (χ1n) is 8.18. The zero-order valence-corrected chi connectivity index (χ0v) is 14.8. The molecule has 10 heteroatoms. The Morgan fingerprint density at radius 1 is 1.18 bits per heavy atom. The SMILES string of the molecule is Cc1ccc(N=C(NOCC(=O)Nc2ccc(F)cc2)c2nonc2N)cc1. The Bertz CT molecular complexity index is 970. The number of hydroxylamine groups is 1. The molecule has 4 N–H and O–H groups in total. The van der Waals surface area contributed by atoms with Crippen LogP contribution in [0, 0.1) is 12.7 Å². The molecule has 0 aliphatic carbocycles. The van der Waals surface area contributed by atoms with Crippen molar-refractivity contribution >= 4 is 28.9 Å². The Hall–Kier alpha value is -3.79. The lowest BCUT2D eigenvalue weighted by molar-refractivity contribution is -0.121. The maximum Gasteiger partial charge on any atom is 0.253 e. The molecule has 3 aromatic rings. The smallest absolute Gasteiger partial charge is 0.253 e. The van der Waals surface area contributed by atoms with E-state index >= 15 is 0 Å². The number of rotatable bonds is 6. The van der Waals surface area contributed by atoms with Gasteiger partial charge in [-0.1, -0.05) is 17.7 Å². The number of nitrogens with one attached hydrogen (secondary N) is 2. The van der Waals surface area contributed by atoms with E-state index in [1.807, 2.05) is 19.1 Å². The van der Waals surface area contributed by atoms with Gasteiger partial charge in [0, 0.05) is 5.69 Å². The van der Waals surface area contributed by atoms with Crippen molar-refractivity contribution in [2.45, 2.75) is 6.92 Å². The van der Waals surface area contributed by atoms with Crippen LogP contribution in [0.5, 0.6) is 0 Å². The summed E-state index contributed by atoms with van der Waals surface area (Å²) in [5, 5.41) is 9.75. The van der Waals surface area contributed by atoms with E-state index in [1.165, 1.54) is 24.3 Å². The molecular formula is C18H17FN6O3. The number of amides is 1. The van der Waals surface area contributed by atoms with Gasteiger partial charge < -0.3 is 11.1 Å². The summed E-state index contributed by atoms with van der Waals surface area (Å²) in [5.41, 5.74) is 10.5. The highest BCUT2D eigenvalue weighted by Gasteiger charge is 2.15. The molecular weight excluding hydrogens is 367 g/mol. The molecule has 0 bridgehead atoms. The summed E-state index contributed by atoms with van der Waals surface area (Å²) in [6, 6.07) is 12.7. The van der Waals surface area contributed by atoms with Gasteiger partial charge in [0.2, 0.25) is 0 Å². The number of halogens is 1. The minimum Gasteiger partial charge on any atom is -0.379 e. The van der Waals surface area contributed by atoms with Crippen LogP contribution in [0.3, 0.4) is 0 Å². The number of carbonyl (C=O) groups excluding carboxylic acids is 1. The van der Waals surface area contributed by atoms with Gasteiger partial charge >= 0.3 is 0 Å². The minimum absolute atomic E-state index is 0.0118. The quantitative estimate of drug-likeness (QED) is 0.338. The third kappa shape index (κ3) is 5.11. The van der Waals surface area contributed by atoms with Crippen LogP contribution >= 0.6 is 0 Å². The Morgan fingerprint density at radius 2 is 1.89 bits per heavy atom. The molecule has 0 radical (unpaired) electrons. The van der Waals surface area contributed by atoms with Crippen molar-refractivity contribution < 1.29 is 18.7 Å². The lowest BCUT2D eigenvalue weighted by Gasteiger charge is -2.09. The fourth-order valence-corrected chi connectivity index (χ4v) is 2.13. The van der Waals surface area contributed by atoms with Crippen molar-refractivity contribution in [3.05, 3.63) is 65.6 Å². The number of aromatic nitrogens is 2. The molecule has 2 aromatic carbocycles. The van der Waals surface area contributed by atoms with Crippen molar-refractivity contribution in [3.63, 3.8) is 0 Å². The molecule has 0 saturated heterocycles. The molecule has 0 spiro atoms. The number of benzene rings is 2. The van der Waals surface area contributed by atoms with E-state index in [-0.39, 0.29) is 24.0 Å². The molecule has 0 aliphatic heterocycles. The number of nitrogens with two attached hydrogens (primary N) is 1. The van der Waals surface area contributed by atoms with Crippen molar-refractivity contribution in [1.82, 2.24) is 15.8 Å². The summed E-state index contributed by atoms with van der Waals surface area (Å²) in [4.78, 5) is 21.5. The van der Waals surface area contributed by atoms with Crippen LogP contribution in [-0.2, 0) is 9.63 Å². The molecule has 1 amide bonds. The maximum atomic E-state index is 12.9. The second kappa shape index (κ2) is 8.73. The van der Waals surface area contributed by atoms with E-state index in [9.17, 15) is 9.18 Å². The van der Waals surface area contributed by atoms with Crippen LogP contribution in [-0.4, -0.2) is 28.7 Å².